The molecule has 3 rings (SSSR count). The molecule has 8 nitrogen and oxygen atoms in total. The fourth-order valence-electron chi connectivity index (χ4n) is 3.54. The van der Waals surface area contributed by atoms with Crippen LogP contribution < -0.4 is 22.1 Å². The van der Waals surface area contributed by atoms with E-state index in [4.69, 9.17) is 21.6 Å². The number of thioether (sulfide) groups is 1. The van der Waals surface area contributed by atoms with Gasteiger partial charge in [0.2, 0.25) is 5.91 Å². The van der Waals surface area contributed by atoms with Gasteiger partial charge in [0.25, 0.3) is 0 Å². The predicted octanol–water partition coefficient (Wildman–Crippen LogP) is 0.992. The van der Waals surface area contributed by atoms with Gasteiger partial charge in [-0.15, -0.1) is 18.3 Å². The molecular weight excluding hydrogens is 388 g/mol. The van der Waals surface area contributed by atoms with Crippen molar-refractivity contribution in [2.24, 2.45) is 28.3 Å². The van der Waals surface area contributed by atoms with Crippen LogP contribution in [0.4, 0.5) is 0 Å². The Bertz CT molecular complexity index is 775. The second-order valence-corrected chi connectivity index (χ2v) is 8.32. The highest BCUT2D eigenvalue weighted by Crippen LogP contribution is 2.32. The number of nitrogens with zero attached hydrogens (tertiary/aromatic N) is 1. The summed E-state index contributed by atoms with van der Waals surface area (Å²) < 4.78 is 5.39. The molecule has 0 saturated carbocycles. The number of carbonyl (C=O) groups is 1. The summed E-state index contributed by atoms with van der Waals surface area (Å²) in [6, 6.07) is -0.105. The van der Waals surface area contributed by atoms with Crippen LogP contribution in [0.5, 0.6) is 0 Å². The molecular formula is C20H28N6O2S. The maximum absolute atomic E-state index is 12.1. The quantitative estimate of drug-likeness (QED) is 0.310. The number of nitrogens with two attached hydrogens (primary N) is 2. The number of hydrogen-bond donors (Lipinski definition) is 5. The molecule has 0 radical (unpaired) electrons. The molecule has 3 aliphatic rings. The number of hydrogen-bond acceptors (Lipinski definition) is 7. The first-order valence-corrected chi connectivity index (χ1v) is 10.6. The molecule has 0 aromatic heterocycles. The fourth-order valence-corrected chi connectivity index (χ4v) is 4.51. The van der Waals surface area contributed by atoms with Crippen LogP contribution in [0.1, 0.15) is 12.8 Å². The van der Waals surface area contributed by atoms with Gasteiger partial charge in [-0.25, -0.2) is 4.99 Å². The summed E-state index contributed by atoms with van der Waals surface area (Å²) in [7, 11) is 0. The Morgan fingerprint density at radius 1 is 1.55 bits per heavy atom. The number of nitrogens with one attached hydrogen (secondary N) is 3. The van der Waals surface area contributed by atoms with E-state index in [1.54, 1.807) is 24.0 Å². The average molecular weight is 417 g/mol. The van der Waals surface area contributed by atoms with Crippen molar-refractivity contribution in [1.82, 2.24) is 10.6 Å². The lowest BCUT2D eigenvalue weighted by atomic mass is 9.88. The van der Waals surface area contributed by atoms with Crippen LogP contribution in [-0.2, 0) is 9.53 Å². The van der Waals surface area contributed by atoms with Gasteiger partial charge < -0.3 is 32.2 Å². The van der Waals surface area contributed by atoms with Gasteiger partial charge in [0.15, 0.2) is 0 Å². The SMILES string of the molecule is C=CCC1SC=C/C1=C\N=C1NC(NC2CCOCC2N)=CC(C=N)C1C(N)=O. The van der Waals surface area contributed by atoms with E-state index in [1.807, 2.05) is 17.6 Å². The molecule has 3 heterocycles. The largest absolute Gasteiger partial charge is 0.380 e. The van der Waals surface area contributed by atoms with Gasteiger partial charge in [-0.05, 0) is 36.0 Å². The molecule has 7 N–H and O–H groups in total. The average Bonchev–Trinajstić information content (AvgIpc) is 3.15. The maximum atomic E-state index is 12.1. The van der Waals surface area contributed by atoms with Crippen molar-refractivity contribution < 1.29 is 9.53 Å². The van der Waals surface area contributed by atoms with Gasteiger partial charge >= 0.3 is 0 Å². The molecule has 156 valence electrons. The molecule has 5 atom stereocenters. The van der Waals surface area contributed by atoms with E-state index in [0.29, 0.717) is 24.9 Å². The normalized spacial score (nSPS) is 34.5. The van der Waals surface area contributed by atoms with Crippen LogP contribution in [0.15, 0.2) is 52.8 Å². The number of ether oxygens (including phenoxy) is 1. The molecule has 0 aromatic carbocycles. The number of rotatable bonds is 7. The zero-order valence-electron chi connectivity index (χ0n) is 16.2. The van der Waals surface area contributed by atoms with Crippen LogP contribution in [0.2, 0.25) is 0 Å². The third-order valence-corrected chi connectivity index (χ3v) is 6.24. The third-order valence-electron chi connectivity index (χ3n) is 5.15. The molecule has 0 bridgehead atoms. The van der Waals surface area contributed by atoms with Crippen molar-refractivity contribution >= 4 is 29.7 Å². The van der Waals surface area contributed by atoms with Crippen LogP contribution in [0.3, 0.4) is 0 Å². The van der Waals surface area contributed by atoms with Crippen molar-refractivity contribution in [3.63, 3.8) is 0 Å². The van der Waals surface area contributed by atoms with Gasteiger partial charge in [-0.1, -0.05) is 6.08 Å². The summed E-state index contributed by atoms with van der Waals surface area (Å²) >= 11 is 1.71. The highest BCUT2D eigenvalue weighted by atomic mass is 32.2. The molecule has 3 aliphatic heterocycles. The van der Waals surface area contributed by atoms with E-state index >= 15 is 0 Å². The number of carbonyl (C=O) groups excluding carboxylic acids is 1. The first-order valence-electron chi connectivity index (χ1n) is 9.62. The molecule has 1 fully saturated rings. The Hall–Kier alpha value is -2.36. The number of amides is 1. The third kappa shape index (κ3) is 5.17. The van der Waals surface area contributed by atoms with Crippen LogP contribution in [0.25, 0.3) is 0 Å². The Kier molecular flexibility index (Phi) is 7.29. The second-order valence-electron chi connectivity index (χ2n) is 7.20. The highest BCUT2D eigenvalue weighted by Gasteiger charge is 2.34. The maximum Gasteiger partial charge on any atom is 0.229 e. The first kappa shape index (κ1) is 21.4. The number of primary amides is 1. The smallest absolute Gasteiger partial charge is 0.229 e. The summed E-state index contributed by atoms with van der Waals surface area (Å²) in [6.45, 7) is 4.93. The number of allylic oxidation sites excluding steroid dienone is 3. The van der Waals surface area contributed by atoms with E-state index in [-0.39, 0.29) is 17.3 Å². The van der Waals surface area contributed by atoms with E-state index < -0.39 is 17.7 Å². The van der Waals surface area contributed by atoms with Gasteiger partial charge in [-0.2, -0.15) is 0 Å². The van der Waals surface area contributed by atoms with Crippen molar-refractivity contribution in [1.29, 1.82) is 5.41 Å². The first-order chi connectivity index (χ1) is 14.0. The zero-order valence-corrected chi connectivity index (χ0v) is 17.0. The standard InChI is InChI=1S/C20H28N6O2S/c1-2-3-16-12(5-7-29-16)10-24-20-18(19(23)27)13(9-21)8-17(26-20)25-15-4-6-28-11-14(15)22/h2,5,7-10,13-16,18,21,25H,1,3-4,6,11,22H2,(H2,23,27)(H,24,26)/b12-10+,21-9?. The summed E-state index contributed by atoms with van der Waals surface area (Å²) in [5, 5.41) is 16.6. The Labute approximate surface area is 175 Å². The number of amidine groups is 1. The molecule has 1 amide bonds. The van der Waals surface area contributed by atoms with Gasteiger partial charge in [-0.3, -0.25) is 4.79 Å². The van der Waals surface area contributed by atoms with Crippen molar-refractivity contribution in [3.8, 4) is 0 Å². The predicted molar refractivity (Wildman–Crippen MR) is 117 cm³/mol. The molecule has 9 heteroatoms. The van der Waals surface area contributed by atoms with Crippen LogP contribution in [0, 0.1) is 17.2 Å². The van der Waals surface area contributed by atoms with Crippen LogP contribution in [-0.4, -0.2) is 48.5 Å². The lowest BCUT2D eigenvalue weighted by molar-refractivity contribution is -0.120. The van der Waals surface area contributed by atoms with Crippen molar-refractivity contribution in [2.45, 2.75) is 30.2 Å². The minimum Gasteiger partial charge on any atom is -0.380 e. The zero-order chi connectivity index (χ0) is 20.8. The Morgan fingerprint density at radius 2 is 2.38 bits per heavy atom. The molecule has 1 saturated heterocycles. The monoisotopic (exact) mass is 416 g/mol. The van der Waals surface area contributed by atoms with Crippen LogP contribution >= 0.6 is 11.8 Å². The van der Waals surface area contributed by atoms with E-state index in [2.05, 4.69) is 22.2 Å². The lowest BCUT2D eigenvalue weighted by Gasteiger charge is -2.34. The second kappa shape index (κ2) is 9.91. The van der Waals surface area contributed by atoms with Crippen molar-refractivity contribution in [3.05, 3.63) is 47.8 Å². The van der Waals surface area contributed by atoms with Gasteiger partial charge in [0.05, 0.1) is 6.61 Å². The summed E-state index contributed by atoms with van der Waals surface area (Å²) in [6.07, 6.45) is 10.3. The molecule has 5 unspecified atom stereocenters. The molecule has 0 aromatic rings. The minimum atomic E-state index is -0.728. The fraction of sp³-hybridized carbons (Fsp3) is 0.450. The molecule has 0 aliphatic carbocycles. The minimum absolute atomic E-state index is 0.0322. The number of aliphatic imine (C=N–C) groups is 1. The molecule has 29 heavy (non-hydrogen) atoms. The Balaban J connectivity index is 1.85. The topological polar surface area (TPSA) is 139 Å². The van der Waals surface area contributed by atoms with E-state index in [1.165, 1.54) is 6.21 Å². The highest BCUT2D eigenvalue weighted by molar-refractivity contribution is 8.03. The Morgan fingerprint density at radius 3 is 3.07 bits per heavy atom. The van der Waals surface area contributed by atoms with E-state index in [0.717, 1.165) is 18.4 Å². The summed E-state index contributed by atoms with van der Waals surface area (Å²) in [5.41, 5.74) is 12.8. The van der Waals surface area contributed by atoms with Gasteiger partial charge in [0, 0.05) is 42.3 Å². The van der Waals surface area contributed by atoms with E-state index in [9.17, 15) is 4.79 Å². The summed E-state index contributed by atoms with van der Waals surface area (Å²) in [5.74, 6) is -0.641. The molecule has 0 spiro atoms. The van der Waals surface area contributed by atoms with Crippen molar-refractivity contribution in [2.75, 3.05) is 13.2 Å². The van der Waals surface area contributed by atoms with Gasteiger partial charge in [0.1, 0.15) is 17.6 Å². The summed E-state index contributed by atoms with van der Waals surface area (Å²) in [4.78, 5) is 16.7. The lowest BCUT2D eigenvalue weighted by Crippen LogP contribution is -2.55.